The van der Waals surface area contributed by atoms with Gasteiger partial charge in [0, 0.05) is 25.9 Å². The molecule has 0 unspecified atom stereocenters. The maximum Gasteiger partial charge on any atom is 0.221 e. The van der Waals surface area contributed by atoms with E-state index in [1.807, 2.05) is 32.2 Å². The highest BCUT2D eigenvalue weighted by Crippen LogP contribution is 2.18. The average Bonchev–Trinajstić information content (AvgIpc) is 2.81. The number of nitrogens with one attached hydrogen (secondary N) is 2. The molecule has 0 aliphatic rings. The molecule has 0 spiro atoms. The van der Waals surface area contributed by atoms with Gasteiger partial charge in [-0.3, -0.25) is 4.79 Å². The van der Waals surface area contributed by atoms with Crippen LogP contribution in [0.25, 0.3) is 11.1 Å². The normalized spacial score (nSPS) is 10.8. The molecule has 0 bridgehead atoms. The minimum Gasteiger partial charge on any atom is -0.441 e. The van der Waals surface area contributed by atoms with Crippen LogP contribution in [0.5, 0.6) is 0 Å². The molecule has 0 fully saturated rings. The standard InChI is InChI=1S/C14H19N3O2/c1-10-4-3-5-11-14(10)17-13(19-11)7-9-16-12(18)6-8-15-2/h3-5,15H,6-9H2,1-2H3,(H,16,18). The summed E-state index contributed by atoms with van der Waals surface area (Å²) < 4.78 is 5.64. The fourth-order valence-electron chi connectivity index (χ4n) is 1.87. The lowest BCUT2D eigenvalue weighted by Gasteiger charge is -2.02. The third kappa shape index (κ3) is 3.54. The molecule has 0 radical (unpaired) electrons. The molecule has 0 saturated heterocycles. The van der Waals surface area contributed by atoms with Gasteiger partial charge in [-0.05, 0) is 25.6 Å². The third-order valence-electron chi connectivity index (χ3n) is 2.93. The van der Waals surface area contributed by atoms with Gasteiger partial charge in [0.25, 0.3) is 0 Å². The van der Waals surface area contributed by atoms with Crippen LogP contribution in [-0.2, 0) is 11.2 Å². The van der Waals surface area contributed by atoms with E-state index in [1.165, 1.54) is 0 Å². The molecule has 19 heavy (non-hydrogen) atoms. The highest BCUT2D eigenvalue weighted by Gasteiger charge is 2.07. The Morgan fingerprint density at radius 2 is 2.21 bits per heavy atom. The van der Waals surface area contributed by atoms with Crippen molar-refractivity contribution in [2.75, 3.05) is 20.1 Å². The molecular formula is C14H19N3O2. The van der Waals surface area contributed by atoms with Crippen molar-refractivity contribution in [3.8, 4) is 0 Å². The quantitative estimate of drug-likeness (QED) is 0.825. The number of hydrogen-bond donors (Lipinski definition) is 2. The molecule has 2 aromatic rings. The van der Waals surface area contributed by atoms with Gasteiger partial charge in [-0.25, -0.2) is 4.98 Å². The first kappa shape index (κ1) is 13.5. The number of nitrogens with zero attached hydrogens (tertiary/aromatic N) is 1. The smallest absolute Gasteiger partial charge is 0.221 e. The Morgan fingerprint density at radius 3 is 2.95 bits per heavy atom. The van der Waals surface area contributed by atoms with E-state index in [-0.39, 0.29) is 5.91 Å². The van der Waals surface area contributed by atoms with Gasteiger partial charge in [0.05, 0.1) is 0 Å². The molecule has 1 amide bonds. The summed E-state index contributed by atoms with van der Waals surface area (Å²) in [5.74, 6) is 0.708. The summed E-state index contributed by atoms with van der Waals surface area (Å²) in [6, 6.07) is 5.87. The van der Waals surface area contributed by atoms with Gasteiger partial charge in [0.15, 0.2) is 11.5 Å². The molecule has 2 rings (SSSR count). The molecule has 5 heteroatoms. The van der Waals surface area contributed by atoms with Gasteiger partial charge in [-0.2, -0.15) is 0 Å². The number of oxazole rings is 1. The number of fused-ring (bicyclic) bond motifs is 1. The Hall–Kier alpha value is -1.88. The zero-order chi connectivity index (χ0) is 13.7. The molecule has 0 atom stereocenters. The van der Waals surface area contributed by atoms with Gasteiger partial charge in [-0.15, -0.1) is 0 Å². The highest BCUT2D eigenvalue weighted by molar-refractivity contribution is 5.76. The summed E-state index contributed by atoms with van der Waals surface area (Å²) in [4.78, 5) is 15.9. The molecule has 0 aliphatic carbocycles. The number of amides is 1. The van der Waals surface area contributed by atoms with E-state index in [9.17, 15) is 4.79 Å². The lowest BCUT2D eigenvalue weighted by Crippen LogP contribution is -2.28. The van der Waals surface area contributed by atoms with E-state index in [0.717, 1.165) is 16.7 Å². The van der Waals surface area contributed by atoms with Gasteiger partial charge >= 0.3 is 0 Å². The minimum atomic E-state index is 0.0432. The number of rotatable bonds is 6. The van der Waals surface area contributed by atoms with Crippen molar-refractivity contribution in [3.05, 3.63) is 29.7 Å². The molecule has 0 aliphatic heterocycles. The van der Waals surface area contributed by atoms with Crippen LogP contribution in [0, 0.1) is 6.92 Å². The number of aromatic nitrogens is 1. The largest absolute Gasteiger partial charge is 0.441 e. The van der Waals surface area contributed by atoms with Crippen LogP contribution in [0.2, 0.25) is 0 Å². The molecule has 1 aromatic heterocycles. The lowest BCUT2D eigenvalue weighted by atomic mass is 10.2. The number of aryl methyl sites for hydroxylation is 1. The Morgan fingerprint density at radius 1 is 1.37 bits per heavy atom. The number of hydrogen-bond acceptors (Lipinski definition) is 4. The molecule has 5 nitrogen and oxygen atoms in total. The van der Waals surface area contributed by atoms with E-state index >= 15 is 0 Å². The van der Waals surface area contributed by atoms with E-state index in [1.54, 1.807) is 0 Å². The lowest BCUT2D eigenvalue weighted by molar-refractivity contribution is -0.120. The molecule has 1 heterocycles. The van der Waals surface area contributed by atoms with Crippen molar-refractivity contribution in [3.63, 3.8) is 0 Å². The van der Waals surface area contributed by atoms with E-state index in [0.29, 0.717) is 31.8 Å². The van der Waals surface area contributed by atoms with Crippen LogP contribution in [-0.4, -0.2) is 31.0 Å². The van der Waals surface area contributed by atoms with Crippen molar-refractivity contribution in [2.45, 2.75) is 19.8 Å². The average molecular weight is 261 g/mol. The van der Waals surface area contributed by atoms with Gasteiger partial charge in [-0.1, -0.05) is 12.1 Å². The Bertz CT molecular complexity index is 563. The van der Waals surface area contributed by atoms with E-state index in [4.69, 9.17) is 4.42 Å². The topological polar surface area (TPSA) is 67.2 Å². The van der Waals surface area contributed by atoms with E-state index < -0.39 is 0 Å². The van der Waals surface area contributed by atoms with Crippen LogP contribution in [0.4, 0.5) is 0 Å². The second-order valence-electron chi connectivity index (χ2n) is 4.48. The molecular weight excluding hydrogens is 242 g/mol. The summed E-state index contributed by atoms with van der Waals surface area (Å²) in [5, 5.41) is 5.78. The van der Waals surface area contributed by atoms with Crippen LogP contribution < -0.4 is 10.6 Å². The van der Waals surface area contributed by atoms with Crippen LogP contribution >= 0.6 is 0 Å². The van der Waals surface area contributed by atoms with Crippen molar-refractivity contribution in [2.24, 2.45) is 0 Å². The van der Waals surface area contributed by atoms with Gasteiger partial charge in [0.2, 0.25) is 5.91 Å². The van der Waals surface area contributed by atoms with Crippen LogP contribution in [0.3, 0.4) is 0 Å². The summed E-state index contributed by atoms with van der Waals surface area (Å²) in [6.07, 6.45) is 1.10. The molecule has 102 valence electrons. The predicted molar refractivity (Wildman–Crippen MR) is 74.0 cm³/mol. The van der Waals surface area contributed by atoms with E-state index in [2.05, 4.69) is 15.6 Å². The molecule has 1 aromatic carbocycles. The number of benzene rings is 1. The van der Waals surface area contributed by atoms with Crippen molar-refractivity contribution in [1.82, 2.24) is 15.6 Å². The zero-order valence-corrected chi connectivity index (χ0v) is 11.3. The third-order valence-corrected chi connectivity index (χ3v) is 2.93. The van der Waals surface area contributed by atoms with Crippen molar-refractivity contribution >= 4 is 17.0 Å². The fourth-order valence-corrected chi connectivity index (χ4v) is 1.87. The fraction of sp³-hybridized carbons (Fsp3) is 0.429. The first-order valence-electron chi connectivity index (χ1n) is 6.47. The summed E-state index contributed by atoms with van der Waals surface area (Å²) in [5.41, 5.74) is 2.81. The maximum absolute atomic E-state index is 11.4. The predicted octanol–water partition coefficient (Wildman–Crippen LogP) is 1.40. The second-order valence-corrected chi connectivity index (χ2v) is 4.48. The van der Waals surface area contributed by atoms with Crippen molar-refractivity contribution < 1.29 is 9.21 Å². The van der Waals surface area contributed by atoms with Gasteiger partial charge in [0.1, 0.15) is 5.52 Å². The second kappa shape index (κ2) is 6.33. The summed E-state index contributed by atoms with van der Waals surface area (Å²) >= 11 is 0. The van der Waals surface area contributed by atoms with Crippen molar-refractivity contribution in [1.29, 1.82) is 0 Å². The Labute approximate surface area is 112 Å². The highest BCUT2D eigenvalue weighted by atomic mass is 16.3. The molecule has 0 saturated carbocycles. The summed E-state index contributed by atoms with van der Waals surface area (Å²) in [6.45, 7) is 3.25. The number of carbonyl (C=O) groups excluding carboxylic acids is 1. The first-order chi connectivity index (χ1) is 9.20. The zero-order valence-electron chi connectivity index (χ0n) is 11.3. The van der Waals surface area contributed by atoms with Crippen LogP contribution in [0.1, 0.15) is 17.9 Å². The summed E-state index contributed by atoms with van der Waals surface area (Å²) in [7, 11) is 1.83. The monoisotopic (exact) mass is 261 g/mol. The molecule has 2 N–H and O–H groups in total. The minimum absolute atomic E-state index is 0.0432. The maximum atomic E-state index is 11.4. The number of para-hydroxylation sites is 1. The Balaban J connectivity index is 1.88. The van der Waals surface area contributed by atoms with Crippen LogP contribution in [0.15, 0.2) is 22.6 Å². The SMILES string of the molecule is CNCCC(=O)NCCc1nc2c(C)cccc2o1. The van der Waals surface area contributed by atoms with Gasteiger partial charge < -0.3 is 15.1 Å². The first-order valence-corrected chi connectivity index (χ1v) is 6.47. The number of carbonyl (C=O) groups is 1. The Kier molecular flexibility index (Phi) is 4.52.